The maximum Gasteiger partial charge on any atom is 0.264 e. The Morgan fingerprint density at radius 3 is 2.65 bits per heavy atom. The number of fused-ring (bicyclic) bond motifs is 2. The molecule has 1 aliphatic rings. The Morgan fingerprint density at radius 2 is 1.84 bits per heavy atom. The molecule has 4 aromatic rings. The van der Waals surface area contributed by atoms with Crippen molar-refractivity contribution < 1.29 is 13.2 Å². The van der Waals surface area contributed by atoms with E-state index in [0.29, 0.717) is 42.3 Å². The molecule has 0 atom stereocenters. The molecule has 0 aliphatic carbocycles. The molecule has 0 saturated carbocycles. The Kier molecular flexibility index (Phi) is 7.04. The topological polar surface area (TPSA) is 91.4 Å². The second kappa shape index (κ2) is 10.4. The first-order chi connectivity index (χ1) is 17.8. The van der Waals surface area contributed by atoms with Crippen LogP contribution in [-0.2, 0) is 16.4 Å². The molecule has 9 heteroatoms. The Balaban J connectivity index is 1.17. The summed E-state index contributed by atoms with van der Waals surface area (Å²) in [6.45, 7) is 3.46. The largest absolute Gasteiger partial charge is 0.384 e. The van der Waals surface area contributed by atoms with Gasteiger partial charge in [0.2, 0.25) is 0 Å². The first-order valence-electron chi connectivity index (χ1n) is 12.1. The van der Waals surface area contributed by atoms with Gasteiger partial charge in [-0.1, -0.05) is 29.3 Å². The standard InChI is InChI=1S/C28H27ClN4O3S/c1-19-3-7-23(8-4-19)37(35,36)33-16-12-20-17-21(5-10-27(20)33)28(34)32-14-2-13-30-25-11-15-31-26-18-22(29)6-9-24(25)26/h3-11,15,17-18H,2,12-14,16H2,1H3,(H,30,31)(H,32,34). The van der Waals surface area contributed by atoms with Crippen LogP contribution in [0.15, 0.2) is 77.8 Å². The molecule has 3 aromatic carbocycles. The first-order valence-corrected chi connectivity index (χ1v) is 13.9. The number of aryl methyl sites for hydroxylation is 1. The summed E-state index contributed by atoms with van der Waals surface area (Å²) in [7, 11) is -3.65. The molecular formula is C28H27ClN4O3S. The highest BCUT2D eigenvalue weighted by atomic mass is 35.5. The van der Waals surface area contributed by atoms with E-state index in [1.807, 2.05) is 31.2 Å². The predicted molar refractivity (Wildman–Crippen MR) is 148 cm³/mol. The minimum atomic E-state index is -3.65. The molecule has 1 aromatic heterocycles. The van der Waals surface area contributed by atoms with Gasteiger partial charge in [0.05, 0.1) is 16.1 Å². The second-order valence-electron chi connectivity index (χ2n) is 9.04. The van der Waals surface area contributed by atoms with Gasteiger partial charge in [-0.3, -0.25) is 14.1 Å². The number of aromatic nitrogens is 1. The van der Waals surface area contributed by atoms with Crippen molar-refractivity contribution in [1.82, 2.24) is 10.3 Å². The molecule has 0 spiro atoms. The van der Waals surface area contributed by atoms with Crippen LogP contribution < -0.4 is 14.9 Å². The van der Waals surface area contributed by atoms with Gasteiger partial charge < -0.3 is 10.6 Å². The van der Waals surface area contributed by atoms with E-state index in [-0.39, 0.29) is 10.8 Å². The number of pyridine rings is 1. The number of carbonyl (C=O) groups is 1. The van der Waals surface area contributed by atoms with Gasteiger partial charge >= 0.3 is 0 Å². The van der Waals surface area contributed by atoms with E-state index < -0.39 is 10.0 Å². The number of nitrogens with zero attached hydrogens (tertiary/aromatic N) is 2. The van der Waals surface area contributed by atoms with E-state index in [0.717, 1.165) is 34.1 Å². The van der Waals surface area contributed by atoms with Gasteiger partial charge in [0, 0.05) is 47.5 Å². The van der Waals surface area contributed by atoms with Crippen LogP contribution in [-0.4, -0.2) is 38.9 Å². The van der Waals surface area contributed by atoms with Crippen molar-refractivity contribution in [1.29, 1.82) is 0 Å². The lowest BCUT2D eigenvalue weighted by Gasteiger charge is -2.20. The molecule has 2 heterocycles. The average Bonchev–Trinajstić information content (AvgIpc) is 3.33. The number of rotatable bonds is 8. The monoisotopic (exact) mass is 534 g/mol. The Morgan fingerprint density at radius 1 is 1.03 bits per heavy atom. The van der Waals surface area contributed by atoms with Crippen LogP contribution in [0.4, 0.5) is 11.4 Å². The van der Waals surface area contributed by atoms with Gasteiger partial charge in [0.15, 0.2) is 0 Å². The predicted octanol–water partition coefficient (Wildman–Crippen LogP) is 5.18. The van der Waals surface area contributed by atoms with Gasteiger partial charge in [0.1, 0.15) is 0 Å². The molecule has 7 nitrogen and oxygen atoms in total. The molecule has 0 fully saturated rings. The lowest BCUT2D eigenvalue weighted by Crippen LogP contribution is -2.29. The number of benzene rings is 3. The maximum atomic E-state index is 13.2. The van der Waals surface area contributed by atoms with Crippen LogP contribution in [0.2, 0.25) is 5.02 Å². The molecule has 0 unspecified atom stereocenters. The molecule has 190 valence electrons. The number of amides is 1. The van der Waals surface area contributed by atoms with E-state index in [1.54, 1.807) is 48.7 Å². The summed E-state index contributed by atoms with van der Waals surface area (Å²) in [4.78, 5) is 17.3. The third-order valence-electron chi connectivity index (χ3n) is 6.46. The lowest BCUT2D eigenvalue weighted by atomic mass is 10.1. The van der Waals surface area contributed by atoms with Crippen molar-refractivity contribution in [3.63, 3.8) is 0 Å². The zero-order valence-electron chi connectivity index (χ0n) is 20.4. The second-order valence-corrected chi connectivity index (χ2v) is 11.3. The number of nitrogens with one attached hydrogen (secondary N) is 2. The summed E-state index contributed by atoms with van der Waals surface area (Å²) < 4.78 is 27.7. The van der Waals surface area contributed by atoms with Crippen molar-refractivity contribution in [2.75, 3.05) is 29.3 Å². The van der Waals surface area contributed by atoms with Crippen molar-refractivity contribution in [3.8, 4) is 0 Å². The molecular weight excluding hydrogens is 508 g/mol. The number of hydrogen-bond donors (Lipinski definition) is 2. The quantitative estimate of drug-likeness (QED) is 0.304. The highest BCUT2D eigenvalue weighted by molar-refractivity contribution is 7.92. The Bertz CT molecular complexity index is 1570. The SMILES string of the molecule is Cc1ccc(S(=O)(=O)N2CCc3cc(C(=O)NCCCNc4ccnc5cc(Cl)ccc45)ccc32)cc1. The van der Waals surface area contributed by atoms with Crippen molar-refractivity contribution in [2.45, 2.75) is 24.7 Å². The molecule has 37 heavy (non-hydrogen) atoms. The Labute approximate surface area is 221 Å². The highest BCUT2D eigenvalue weighted by Crippen LogP contribution is 2.33. The fourth-order valence-electron chi connectivity index (χ4n) is 4.49. The Hall–Kier alpha value is -3.62. The summed E-state index contributed by atoms with van der Waals surface area (Å²) in [5.41, 5.74) is 4.81. The summed E-state index contributed by atoms with van der Waals surface area (Å²) in [6.07, 6.45) is 3.04. The summed E-state index contributed by atoms with van der Waals surface area (Å²) in [6, 6.07) is 19.6. The van der Waals surface area contributed by atoms with Crippen LogP contribution >= 0.6 is 11.6 Å². The van der Waals surface area contributed by atoms with E-state index in [4.69, 9.17) is 11.6 Å². The maximum absolute atomic E-state index is 13.2. The fourth-order valence-corrected chi connectivity index (χ4v) is 6.16. The van der Waals surface area contributed by atoms with E-state index in [1.165, 1.54) is 4.31 Å². The minimum absolute atomic E-state index is 0.174. The lowest BCUT2D eigenvalue weighted by molar-refractivity contribution is 0.0953. The highest BCUT2D eigenvalue weighted by Gasteiger charge is 2.31. The molecule has 0 bridgehead atoms. The molecule has 1 aliphatic heterocycles. The van der Waals surface area contributed by atoms with Gasteiger partial charge in [-0.2, -0.15) is 0 Å². The average molecular weight is 535 g/mol. The summed E-state index contributed by atoms with van der Waals surface area (Å²) in [5.74, 6) is -0.174. The van der Waals surface area contributed by atoms with Crippen LogP contribution in [0.3, 0.4) is 0 Å². The molecule has 2 N–H and O–H groups in total. The van der Waals surface area contributed by atoms with Gasteiger partial charge in [0.25, 0.3) is 15.9 Å². The third-order valence-corrected chi connectivity index (χ3v) is 8.53. The number of anilines is 2. The molecule has 1 amide bonds. The van der Waals surface area contributed by atoms with Crippen molar-refractivity contribution in [2.24, 2.45) is 0 Å². The molecule has 5 rings (SSSR count). The number of sulfonamides is 1. The van der Waals surface area contributed by atoms with Crippen molar-refractivity contribution >= 4 is 49.8 Å². The number of carbonyl (C=O) groups excluding carboxylic acids is 1. The molecule has 0 saturated heterocycles. The third kappa shape index (κ3) is 5.26. The molecule has 0 radical (unpaired) electrons. The zero-order valence-corrected chi connectivity index (χ0v) is 21.9. The van der Waals surface area contributed by atoms with Gasteiger partial charge in [-0.15, -0.1) is 0 Å². The van der Waals surface area contributed by atoms with Crippen LogP contribution in [0, 0.1) is 6.92 Å². The number of halogens is 1. The summed E-state index contributed by atoms with van der Waals surface area (Å²) in [5, 5.41) is 7.98. The van der Waals surface area contributed by atoms with Gasteiger partial charge in [-0.25, -0.2) is 8.42 Å². The van der Waals surface area contributed by atoms with Crippen LogP contribution in [0.5, 0.6) is 0 Å². The van der Waals surface area contributed by atoms with Crippen molar-refractivity contribution in [3.05, 3.63) is 94.6 Å². The van der Waals surface area contributed by atoms with Crippen LogP contribution in [0.1, 0.15) is 27.9 Å². The zero-order chi connectivity index (χ0) is 26.0. The normalized spacial score (nSPS) is 13.0. The van der Waals surface area contributed by atoms with E-state index in [9.17, 15) is 13.2 Å². The fraction of sp³-hybridized carbons (Fsp3) is 0.214. The number of hydrogen-bond acceptors (Lipinski definition) is 5. The van der Waals surface area contributed by atoms with E-state index >= 15 is 0 Å². The van der Waals surface area contributed by atoms with E-state index in [2.05, 4.69) is 15.6 Å². The first kappa shape index (κ1) is 25.0. The summed E-state index contributed by atoms with van der Waals surface area (Å²) >= 11 is 6.06. The smallest absolute Gasteiger partial charge is 0.264 e. The van der Waals surface area contributed by atoms with Gasteiger partial charge in [-0.05, 0) is 79.9 Å². The minimum Gasteiger partial charge on any atom is -0.384 e. The van der Waals surface area contributed by atoms with Crippen LogP contribution in [0.25, 0.3) is 10.9 Å².